The zero-order valence-corrected chi connectivity index (χ0v) is 9.68. The van der Waals surface area contributed by atoms with E-state index in [4.69, 9.17) is 0 Å². The maximum absolute atomic E-state index is 13.0. The Morgan fingerprint density at radius 2 is 2.07 bits per heavy atom. The summed E-state index contributed by atoms with van der Waals surface area (Å²) in [6, 6.07) is 4.72. The molecule has 15 heavy (non-hydrogen) atoms. The number of hydrogen-bond acceptors (Lipinski definition) is 1. The van der Waals surface area contributed by atoms with Crippen molar-refractivity contribution in [3.8, 4) is 0 Å². The predicted molar refractivity (Wildman–Crippen MR) is 60.4 cm³/mol. The molecular formula is C13H19FO. The van der Waals surface area contributed by atoms with Gasteiger partial charge in [-0.3, -0.25) is 0 Å². The van der Waals surface area contributed by atoms with Crippen molar-refractivity contribution in [1.29, 1.82) is 0 Å². The van der Waals surface area contributed by atoms with Gasteiger partial charge < -0.3 is 5.11 Å². The van der Waals surface area contributed by atoms with Crippen LogP contribution in [0.1, 0.15) is 37.8 Å². The van der Waals surface area contributed by atoms with Gasteiger partial charge in [0.05, 0.1) is 5.60 Å². The van der Waals surface area contributed by atoms with Crippen LogP contribution in [0.3, 0.4) is 0 Å². The molecule has 2 heteroatoms. The van der Waals surface area contributed by atoms with Gasteiger partial charge in [-0.05, 0) is 43.5 Å². The lowest BCUT2D eigenvalue weighted by atomic mass is 9.90. The Morgan fingerprint density at radius 1 is 1.40 bits per heavy atom. The average molecular weight is 210 g/mol. The van der Waals surface area contributed by atoms with Crippen molar-refractivity contribution in [3.05, 3.63) is 35.1 Å². The predicted octanol–water partition coefficient (Wildman–Crippen LogP) is 3.23. The second kappa shape index (κ2) is 4.75. The number of hydrogen-bond donors (Lipinski definition) is 1. The van der Waals surface area contributed by atoms with Crippen molar-refractivity contribution in [2.45, 2.75) is 45.6 Å². The van der Waals surface area contributed by atoms with Gasteiger partial charge in [0.15, 0.2) is 0 Å². The summed E-state index contributed by atoms with van der Waals surface area (Å²) in [4.78, 5) is 0. The van der Waals surface area contributed by atoms with Gasteiger partial charge in [-0.15, -0.1) is 0 Å². The van der Waals surface area contributed by atoms with Crippen molar-refractivity contribution in [2.75, 3.05) is 0 Å². The first kappa shape index (κ1) is 12.2. The first-order valence-electron chi connectivity index (χ1n) is 5.42. The molecule has 1 aromatic rings. The third kappa shape index (κ3) is 3.63. The Hall–Kier alpha value is -0.890. The molecule has 0 aliphatic heterocycles. The molecule has 0 aromatic heterocycles. The molecule has 1 rings (SSSR count). The van der Waals surface area contributed by atoms with Gasteiger partial charge >= 0.3 is 0 Å². The maximum Gasteiger partial charge on any atom is 0.123 e. The molecule has 1 atom stereocenters. The molecule has 0 saturated carbocycles. The first-order valence-corrected chi connectivity index (χ1v) is 5.42. The summed E-state index contributed by atoms with van der Waals surface area (Å²) in [6.45, 7) is 5.78. The smallest absolute Gasteiger partial charge is 0.123 e. The minimum atomic E-state index is -0.729. The number of halogens is 1. The zero-order chi connectivity index (χ0) is 11.5. The minimum Gasteiger partial charge on any atom is -0.390 e. The summed E-state index contributed by atoms with van der Waals surface area (Å²) in [6.07, 6.45) is 2.19. The topological polar surface area (TPSA) is 20.2 Å². The van der Waals surface area contributed by atoms with E-state index in [1.54, 1.807) is 13.0 Å². The van der Waals surface area contributed by atoms with Gasteiger partial charge in [0.1, 0.15) is 5.82 Å². The van der Waals surface area contributed by atoms with Crippen molar-refractivity contribution in [2.24, 2.45) is 0 Å². The lowest BCUT2D eigenvalue weighted by Crippen LogP contribution is -2.27. The Balaban J connectivity index is 2.83. The van der Waals surface area contributed by atoms with E-state index in [0.717, 1.165) is 24.0 Å². The van der Waals surface area contributed by atoms with E-state index in [0.29, 0.717) is 6.42 Å². The largest absolute Gasteiger partial charge is 0.390 e. The molecule has 0 spiro atoms. The Bertz CT molecular complexity index is 331. The normalized spacial score (nSPS) is 15.0. The van der Waals surface area contributed by atoms with Gasteiger partial charge in [-0.1, -0.05) is 19.4 Å². The summed E-state index contributed by atoms with van der Waals surface area (Å²) in [7, 11) is 0. The Morgan fingerprint density at radius 3 is 2.67 bits per heavy atom. The molecule has 0 saturated heterocycles. The van der Waals surface area contributed by atoms with Crippen molar-refractivity contribution in [1.82, 2.24) is 0 Å². The van der Waals surface area contributed by atoms with Crippen molar-refractivity contribution in [3.63, 3.8) is 0 Å². The first-order chi connectivity index (χ1) is 6.94. The molecular weight excluding hydrogens is 191 g/mol. The van der Waals surface area contributed by atoms with E-state index < -0.39 is 5.60 Å². The maximum atomic E-state index is 13.0. The van der Waals surface area contributed by atoms with Crippen LogP contribution in [-0.2, 0) is 6.42 Å². The molecule has 0 radical (unpaired) electrons. The van der Waals surface area contributed by atoms with Crippen LogP contribution in [0.4, 0.5) is 4.39 Å². The Kier molecular flexibility index (Phi) is 3.86. The molecule has 1 aromatic carbocycles. The summed E-state index contributed by atoms with van der Waals surface area (Å²) >= 11 is 0. The van der Waals surface area contributed by atoms with Crippen LogP contribution in [0.15, 0.2) is 18.2 Å². The number of aryl methyl sites for hydroxylation is 1. The second-order valence-electron chi connectivity index (χ2n) is 4.49. The van der Waals surface area contributed by atoms with Crippen LogP contribution in [0.5, 0.6) is 0 Å². The molecule has 0 fully saturated rings. The summed E-state index contributed by atoms with van der Waals surface area (Å²) in [5, 5.41) is 10.1. The fraction of sp³-hybridized carbons (Fsp3) is 0.538. The fourth-order valence-corrected chi connectivity index (χ4v) is 1.87. The Labute approximate surface area is 90.9 Å². The number of aliphatic hydroxyl groups is 1. The summed E-state index contributed by atoms with van der Waals surface area (Å²) in [5.41, 5.74) is 1.20. The highest BCUT2D eigenvalue weighted by Crippen LogP contribution is 2.21. The SMILES string of the molecule is CCCC(C)(O)Cc1cc(F)ccc1C. The monoisotopic (exact) mass is 210 g/mol. The van der Waals surface area contributed by atoms with E-state index >= 15 is 0 Å². The third-order valence-corrected chi connectivity index (χ3v) is 2.67. The van der Waals surface area contributed by atoms with Crippen LogP contribution >= 0.6 is 0 Å². The molecule has 0 heterocycles. The minimum absolute atomic E-state index is 0.233. The van der Waals surface area contributed by atoms with Crippen LogP contribution < -0.4 is 0 Å². The second-order valence-corrected chi connectivity index (χ2v) is 4.49. The van der Waals surface area contributed by atoms with Crippen LogP contribution in [0, 0.1) is 12.7 Å². The fourth-order valence-electron chi connectivity index (χ4n) is 1.87. The highest BCUT2D eigenvalue weighted by Gasteiger charge is 2.20. The van der Waals surface area contributed by atoms with Gasteiger partial charge in [0.25, 0.3) is 0 Å². The molecule has 84 valence electrons. The highest BCUT2D eigenvalue weighted by atomic mass is 19.1. The quantitative estimate of drug-likeness (QED) is 0.809. The molecule has 1 unspecified atom stereocenters. The van der Waals surface area contributed by atoms with E-state index in [1.165, 1.54) is 12.1 Å². The highest BCUT2D eigenvalue weighted by molar-refractivity contribution is 5.27. The molecule has 0 bridgehead atoms. The zero-order valence-electron chi connectivity index (χ0n) is 9.68. The summed E-state index contributed by atoms with van der Waals surface area (Å²) in [5.74, 6) is -0.233. The lowest BCUT2D eigenvalue weighted by molar-refractivity contribution is 0.0503. The lowest BCUT2D eigenvalue weighted by Gasteiger charge is -2.23. The van der Waals surface area contributed by atoms with Crippen LogP contribution in [-0.4, -0.2) is 10.7 Å². The standard InChI is InChI=1S/C13H19FO/c1-4-7-13(3,15)9-11-8-12(14)6-5-10(11)2/h5-6,8,15H,4,7,9H2,1-3H3. The van der Waals surface area contributed by atoms with E-state index in [-0.39, 0.29) is 5.82 Å². The summed E-state index contributed by atoms with van der Waals surface area (Å²) < 4.78 is 13.0. The van der Waals surface area contributed by atoms with Gasteiger partial charge in [0, 0.05) is 6.42 Å². The van der Waals surface area contributed by atoms with Crippen molar-refractivity contribution < 1.29 is 9.50 Å². The molecule has 1 N–H and O–H groups in total. The van der Waals surface area contributed by atoms with E-state index in [9.17, 15) is 9.50 Å². The average Bonchev–Trinajstić information content (AvgIpc) is 2.10. The van der Waals surface area contributed by atoms with Crippen LogP contribution in [0.25, 0.3) is 0 Å². The molecule has 0 aliphatic rings. The van der Waals surface area contributed by atoms with Crippen molar-refractivity contribution >= 4 is 0 Å². The van der Waals surface area contributed by atoms with E-state index in [2.05, 4.69) is 0 Å². The molecule has 1 nitrogen and oxygen atoms in total. The van der Waals surface area contributed by atoms with E-state index in [1.807, 2.05) is 13.8 Å². The molecule has 0 aliphatic carbocycles. The number of rotatable bonds is 4. The number of benzene rings is 1. The third-order valence-electron chi connectivity index (χ3n) is 2.67. The van der Waals surface area contributed by atoms with Gasteiger partial charge in [-0.2, -0.15) is 0 Å². The van der Waals surface area contributed by atoms with Crippen LogP contribution in [0.2, 0.25) is 0 Å². The van der Waals surface area contributed by atoms with Gasteiger partial charge in [-0.25, -0.2) is 4.39 Å². The molecule has 0 amide bonds. The van der Waals surface area contributed by atoms with Gasteiger partial charge in [0.2, 0.25) is 0 Å².